The zero-order chi connectivity index (χ0) is 13.8. The minimum atomic E-state index is -0.870. The van der Waals surface area contributed by atoms with E-state index in [0.717, 1.165) is 12.0 Å². The average molecular weight is 263 g/mol. The summed E-state index contributed by atoms with van der Waals surface area (Å²) in [5.74, 6) is -0.111. The van der Waals surface area contributed by atoms with E-state index in [0.29, 0.717) is 25.3 Å². The highest BCUT2D eigenvalue weighted by Gasteiger charge is 2.26. The summed E-state index contributed by atoms with van der Waals surface area (Å²) in [4.78, 5) is 23.8. The van der Waals surface area contributed by atoms with Crippen LogP contribution in [0.3, 0.4) is 0 Å². The van der Waals surface area contributed by atoms with E-state index in [1.54, 1.807) is 19.1 Å². The van der Waals surface area contributed by atoms with Crippen LogP contribution in [-0.4, -0.2) is 41.8 Å². The van der Waals surface area contributed by atoms with Crippen molar-refractivity contribution >= 4 is 12.1 Å². The van der Waals surface area contributed by atoms with E-state index in [-0.39, 0.29) is 11.9 Å². The molecule has 1 saturated heterocycles. The summed E-state index contributed by atoms with van der Waals surface area (Å²) in [7, 11) is 0. The summed E-state index contributed by atoms with van der Waals surface area (Å²) in [5, 5.41) is 8.92. The van der Waals surface area contributed by atoms with Crippen LogP contribution in [0, 0.1) is 0 Å². The standard InChI is InChI=1S/C14H17NO4/c1-2-19-13(16)11-5-3-10(4-6-11)12-7-8-15(9-12)14(17)18/h3-6,12H,2,7-9H2,1H3,(H,17,18). The number of benzene rings is 1. The molecule has 1 fully saturated rings. The molecule has 1 amide bonds. The molecular weight excluding hydrogens is 246 g/mol. The lowest BCUT2D eigenvalue weighted by atomic mass is 9.97. The van der Waals surface area contributed by atoms with Crippen LogP contribution >= 0.6 is 0 Å². The van der Waals surface area contributed by atoms with Crippen LogP contribution in [0.2, 0.25) is 0 Å². The van der Waals surface area contributed by atoms with Crippen molar-refractivity contribution in [2.45, 2.75) is 19.3 Å². The second-order valence-corrected chi connectivity index (χ2v) is 4.56. The molecule has 1 aliphatic heterocycles. The predicted molar refractivity (Wildman–Crippen MR) is 69.4 cm³/mol. The number of likely N-dealkylation sites (tertiary alicyclic amines) is 1. The fourth-order valence-corrected chi connectivity index (χ4v) is 2.31. The molecule has 1 aliphatic rings. The Bertz CT molecular complexity index is 469. The van der Waals surface area contributed by atoms with E-state index in [9.17, 15) is 9.59 Å². The van der Waals surface area contributed by atoms with Crippen molar-refractivity contribution in [2.24, 2.45) is 0 Å². The normalized spacial score (nSPS) is 18.4. The van der Waals surface area contributed by atoms with Crippen LogP contribution < -0.4 is 0 Å². The minimum Gasteiger partial charge on any atom is -0.465 e. The van der Waals surface area contributed by atoms with Crippen LogP contribution in [0.5, 0.6) is 0 Å². The maximum absolute atomic E-state index is 11.5. The Labute approximate surface area is 111 Å². The molecule has 2 rings (SSSR count). The Hall–Kier alpha value is -2.04. The molecular formula is C14H17NO4. The molecule has 0 aromatic heterocycles. The Kier molecular flexibility index (Phi) is 4.04. The molecule has 1 atom stereocenters. The Morgan fingerprint density at radius 3 is 2.58 bits per heavy atom. The van der Waals surface area contributed by atoms with Gasteiger partial charge in [-0.3, -0.25) is 0 Å². The summed E-state index contributed by atoms with van der Waals surface area (Å²) in [6.45, 7) is 3.22. The lowest BCUT2D eigenvalue weighted by molar-refractivity contribution is 0.0526. The van der Waals surface area contributed by atoms with E-state index < -0.39 is 6.09 Å². The van der Waals surface area contributed by atoms with E-state index in [2.05, 4.69) is 0 Å². The van der Waals surface area contributed by atoms with Gasteiger partial charge in [-0.1, -0.05) is 12.1 Å². The maximum Gasteiger partial charge on any atom is 0.407 e. The summed E-state index contributed by atoms with van der Waals surface area (Å²) in [6.07, 6.45) is -0.0453. The van der Waals surface area contributed by atoms with Crippen molar-refractivity contribution in [1.29, 1.82) is 0 Å². The molecule has 0 radical (unpaired) electrons. The van der Waals surface area contributed by atoms with Gasteiger partial charge in [0.25, 0.3) is 0 Å². The Morgan fingerprint density at radius 1 is 1.37 bits per heavy atom. The smallest absolute Gasteiger partial charge is 0.407 e. The number of nitrogens with zero attached hydrogens (tertiary/aromatic N) is 1. The van der Waals surface area contributed by atoms with E-state index >= 15 is 0 Å². The third-order valence-corrected chi connectivity index (χ3v) is 3.35. The minimum absolute atomic E-state index is 0.215. The van der Waals surface area contributed by atoms with Gasteiger partial charge in [0.1, 0.15) is 0 Å². The monoisotopic (exact) mass is 263 g/mol. The largest absolute Gasteiger partial charge is 0.465 e. The first-order valence-electron chi connectivity index (χ1n) is 6.36. The molecule has 19 heavy (non-hydrogen) atoms. The van der Waals surface area contributed by atoms with Crippen molar-refractivity contribution in [2.75, 3.05) is 19.7 Å². The average Bonchev–Trinajstić information content (AvgIpc) is 2.89. The second kappa shape index (κ2) is 5.73. The van der Waals surface area contributed by atoms with Gasteiger partial charge in [-0.15, -0.1) is 0 Å². The molecule has 5 heteroatoms. The molecule has 1 aromatic rings. The zero-order valence-corrected chi connectivity index (χ0v) is 10.8. The lowest BCUT2D eigenvalue weighted by Crippen LogP contribution is -2.26. The van der Waals surface area contributed by atoms with Crippen LogP contribution in [0.25, 0.3) is 0 Å². The van der Waals surface area contributed by atoms with Crippen molar-refractivity contribution in [1.82, 2.24) is 4.90 Å². The van der Waals surface area contributed by atoms with Gasteiger partial charge in [-0.05, 0) is 31.0 Å². The summed E-state index contributed by atoms with van der Waals surface area (Å²) < 4.78 is 4.92. The lowest BCUT2D eigenvalue weighted by Gasteiger charge is -2.12. The maximum atomic E-state index is 11.5. The quantitative estimate of drug-likeness (QED) is 0.850. The number of rotatable bonds is 3. The molecule has 0 spiro atoms. The second-order valence-electron chi connectivity index (χ2n) is 4.56. The summed E-state index contributed by atoms with van der Waals surface area (Å²) in [6, 6.07) is 7.22. The van der Waals surface area contributed by atoms with E-state index in [4.69, 9.17) is 9.84 Å². The summed E-state index contributed by atoms with van der Waals surface area (Å²) >= 11 is 0. The first-order valence-corrected chi connectivity index (χ1v) is 6.36. The number of carbonyl (C=O) groups excluding carboxylic acids is 1. The summed E-state index contributed by atoms with van der Waals surface area (Å²) in [5.41, 5.74) is 1.59. The third-order valence-electron chi connectivity index (χ3n) is 3.35. The first-order chi connectivity index (χ1) is 9.11. The number of hydrogen-bond acceptors (Lipinski definition) is 3. The van der Waals surface area contributed by atoms with Gasteiger partial charge < -0.3 is 14.7 Å². The van der Waals surface area contributed by atoms with Crippen molar-refractivity contribution in [3.8, 4) is 0 Å². The third kappa shape index (κ3) is 3.05. The molecule has 0 bridgehead atoms. The molecule has 102 valence electrons. The van der Waals surface area contributed by atoms with Gasteiger partial charge in [-0.2, -0.15) is 0 Å². The van der Waals surface area contributed by atoms with Crippen molar-refractivity contribution in [3.63, 3.8) is 0 Å². The van der Waals surface area contributed by atoms with Crippen LogP contribution in [0.4, 0.5) is 4.79 Å². The number of esters is 1. The molecule has 5 nitrogen and oxygen atoms in total. The van der Waals surface area contributed by atoms with Gasteiger partial charge in [0.05, 0.1) is 12.2 Å². The molecule has 0 saturated carbocycles. The number of hydrogen-bond donors (Lipinski definition) is 1. The highest BCUT2D eigenvalue weighted by atomic mass is 16.5. The van der Waals surface area contributed by atoms with Gasteiger partial charge in [0.2, 0.25) is 0 Å². The van der Waals surface area contributed by atoms with Gasteiger partial charge in [-0.25, -0.2) is 9.59 Å². The van der Waals surface area contributed by atoms with E-state index in [1.807, 2.05) is 12.1 Å². The van der Waals surface area contributed by atoms with Crippen LogP contribution in [0.1, 0.15) is 35.2 Å². The van der Waals surface area contributed by atoms with Gasteiger partial charge in [0.15, 0.2) is 0 Å². The fraction of sp³-hybridized carbons (Fsp3) is 0.429. The molecule has 1 unspecified atom stereocenters. The Balaban J connectivity index is 2.03. The molecule has 0 aliphatic carbocycles. The number of carbonyl (C=O) groups is 2. The highest BCUT2D eigenvalue weighted by Crippen LogP contribution is 2.27. The van der Waals surface area contributed by atoms with Gasteiger partial charge in [0, 0.05) is 19.0 Å². The fourth-order valence-electron chi connectivity index (χ4n) is 2.31. The van der Waals surface area contributed by atoms with Crippen LogP contribution in [-0.2, 0) is 4.74 Å². The number of amides is 1. The number of ether oxygens (including phenoxy) is 1. The topological polar surface area (TPSA) is 66.8 Å². The van der Waals surface area contributed by atoms with Crippen molar-refractivity contribution < 1.29 is 19.4 Å². The predicted octanol–water partition coefficient (Wildman–Crippen LogP) is 2.33. The van der Waals surface area contributed by atoms with Crippen molar-refractivity contribution in [3.05, 3.63) is 35.4 Å². The number of carboxylic acid groups (broad SMARTS) is 1. The van der Waals surface area contributed by atoms with E-state index in [1.165, 1.54) is 4.90 Å². The van der Waals surface area contributed by atoms with Crippen LogP contribution in [0.15, 0.2) is 24.3 Å². The molecule has 1 heterocycles. The molecule has 1 N–H and O–H groups in total. The highest BCUT2D eigenvalue weighted by molar-refractivity contribution is 5.89. The van der Waals surface area contributed by atoms with Gasteiger partial charge >= 0.3 is 12.1 Å². The zero-order valence-electron chi connectivity index (χ0n) is 10.8. The molecule has 1 aromatic carbocycles. The Morgan fingerprint density at radius 2 is 2.05 bits per heavy atom. The SMILES string of the molecule is CCOC(=O)c1ccc(C2CCN(C(=O)O)C2)cc1. The first kappa shape index (κ1) is 13.4.